The number of carbonyl (C=O) groups is 1. The molecular formula is C9H8FO2S-. The van der Waals surface area contributed by atoms with Crippen LogP contribution in [0.3, 0.4) is 0 Å². The number of carboxylic acid groups (broad SMARTS) is 1. The van der Waals surface area contributed by atoms with Crippen molar-refractivity contribution in [1.82, 2.24) is 0 Å². The Balaban J connectivity index is 2.37. The molecule has 0 saturated carbocycles. The third kappa shape index (κ3) is 3.94. The SMILES string of the molecule is O=C([O-])CCSc1ccc(F)cc1. The quantitative estimate of drug-likeness (QED) is 0.681. The number of hydrogen-bond donors (Lipinski definition) is 0. The molecule has 0 amide bonds. The van der Waals surface area contributed by atoms with E-state index in [9.17, 15) is 14.3 Å². The predicted octanol–water partition coefficient (Wildman–Crippen LogP) is 1.06. The lowest BCUT2D eigenvalue weighted by atomic mass is 10.4. The molecular weight excluding hydrogens is 191 g/mol. The fourth-order valence-electron chi connectivity index (χ4n) is 0.783. The fraction of sp³-hybridized carbons (Fsp3) is 0.222. The number of thioether (sulfide) groups is 1. The van der Waals surface area contributed by atoms with Crippen LogP contribution in [0.15, 0.2) is 29.2 Å². The van der Waals surface area contributed by atoms with Crippen molar-refractivity contribution in [2.24, 2.45) is 0 Å². The first-order chi connectivity index (χ1) is 6.18. The minimum Gasteiger partial charge on any atom is -0.550 e. The van der Waals surface area contributed by atoms with Gasteiger partial charge in [0.15, 0.2) is 0 Å². The zero-order chi connectivity index (χ0) is 9.68. The van der Waals surface area contributed by atoms with Crippen molar-refractivity contribution < 1.29 is 14.3 Å². The van der Waals surface area contributed by atoms with Gasteiger partial charge in [-0.25, -0.2) is 4.39 Å². The molecule has 0 atom stereocenters. The van der Waals surface area contributed by atoms with Crippen LogP contribution >= 0.6 is 11.8 Å². The summed E-state index contributed by atoms with van der Waals surface area (Å²) in [6.07, 6.45) is 0.0159. The first kappa shape index (κ1) is 10.1. The van der Waals surface area contributed by atoms with E-state index in [-0.39, 0.29) is 12.2 Å². The molecule has 0 aliphatic carbocycles. The molecule has 0 radical (unpaired) electrons. The molecule has 0 aliphatic heterocycles. The zero-order valence-electron chi connectivity index (χ0n) is 6.83. The lowest BCUT2D eigenvalue weighted by molar-refractivity contribution is -0.305. The van der Waals surface area contributed by atoms with Crippen molar-refractivity contribution >= 4 is 17.7 Å². The molecule has 0 bridgehead atoms. The molecule has 0 aromatic heterocycles. The Bertz CT molecular complexity index is 284. The third-order valence-corrected chi connectivity index (χ3v) is 2.40. The Morgan fingerprint density at radius 2 is 2.00 bits per heavy atom. The molecule has 0 unspecified atom stereocenters. The summed E-state index contributed by atoms with van der Waals surface area (Å²) in [7, 11) is 0. The second-order valence-corrected chi connectivity index (χ2v) is 3.59. The van der Waals surface area contributed by atoms with E-state index in [2.05, 4.69) is 0 Å². The van der Waals surface area contributed by atoms with E-state index in [1.54, 1.807) is 12.1 Å². The summed E-state index contributed by atoms with van der Waals surface area (Å²) < 4.78 is 12.4. The summed E-state index contributed by atoms with van der Waals surface area (Å²) >= 11 is 1.37. The molecule has 0 heterocycles. The topological polar surface area (TPSA) is 40.1 Å². The highest BCUT2D eigenvalue weighted by Crippen LogP contribution is 2.18. The largest absolute Gasteiger partial charge is 0.550 e. The highest BCUT2D eigenvalue weighted by molar-refractivity contribution is 7.99. The molecule has 2 nitrogen and oxygen atoms in total. The number of hydrogen-bond acceptors (Lipinski definition) is 3. The maximum atomic E-state index is 12.4. The van der Waals surface area contributed by atoms with Gasteiger partial charge in [-0.15, -0.1) is 11.8 Å². The van der Waals surface area contributed by atoms with Crippen LogP contribution in [0.25, 0.3) is 0 Å². The molecule has 0 fully saturated rings. The molecule has 13 heavy (non-hydrogen) atoms. The fourth-order valence-corrected chi connectivity index (χ4v) is 1.62. The van der Waals surface area contributed by atoms with Crippen LogP contribution < -0.4 is 5.11 Å². The summed E-state index contributed by atoms with van der Waals surface area (Å²) in [5, 5.41) is 10.1. The molecule has 1 aromatic rings. The molecule has 1 rings (SSSR count). The maximum Gasteiger partial charge on any atom is 0.123 e. The average Bonchev–Trinajstić information content (AvgIpc) is 2.08. The van der Waals surface area contributed by atoms with Gasteiger partial charge in [-0.2, -0.15) is 0 Å². The van der Waals surface area contributed by atoms with Crippen LogP contribution in [0, 0.1) is 5.82 Å². The standard InChI is InChI=1S/C9H9FO2S/c10-7-1-3-8(4-2-7)13-6-5-9(11)12/h1-4H,5-6H2,(H,11,12)/p-1. The number of halogens is 1. The van der Waals surface area contributed by atoms with Gasteiger partial charge in [-0.05, 0) is 30.7 Å². The number of carboxylic acids is 1. The molecule has 0 saturated heterocycles. The molecule has 0 aliphatic rings. The molecule has 0 N–H and O–H groups in total. The smallest absolute Gasteiger partial charge is 0.123 e. The van der Waals surface area contributed by atoms with Crippen molar-refractivity contribution in [3.8, 4) is 0 Å². The van der Waals surface area contributed by atoms with Gasteiger partial charge in [0.2, 0.25) is 0 Å². The summed E-state index contributed by atoms with van der Waals surface area (Å²) in [6, 6.07) is 5.94. The van der Waals surface area contributed by atoms with E-state index in [4.69, 9.17) is 0 Å². The van der Waals surface area contributed by atoms with Crippen LogP contribution in [-0.4, -0.2) is 11.7 Å². The minimum atomic E-state index is -1.06. The van der Waals surface area contributed by atoms with Gasteiger partial charge in [-0.3, -0.25) is 0 Å². The zero-order valence-corrected chi connectivity index (χ0v) is 7.64. The van der Waals surface area contributed by atoms with Crippen molar-refractivity contribution in [2.75, 3.05) is 5.75 Å². The number of aliphatic carboxylic acids is 1. The van der Waals surface area contributed by atoms with Crippen LogP contribution in [0.5, 0.6) is 0 Å². The Kier molecular flexibility index (Phi) is 3.76. The number of benzene rings is 1. The van der Waals surface area contributed by atoms with Crippen LogP contribution in [0.2, 0.25) is 0 Å². The normalized spacial score (nSPS) is 9.92. The van der Waals surface area contributed by atoms with Crippen molar-refractivity contribution in [3.05, 3.63) is 30.1 Å². The van der Waals surface area contributed by atoms with Crippen LogP contribution in [-0.2, 0) is 4.79 Å². The van der Waals surface area contributed by atoms with Gasteiger partial charge < -0.3 is 9.90 Å². The Labute approximate surface area is 79.8 Å². The molecule has 70 valence electrons. The summed E-state index contributed by atoms with van der Waals surface area (Å²) in [4.78, 5) is 10.9. The minimum absolute atomic E-state index is 0.0159. The van der Waals surface area contributed by atoms with Gasteiger partial charge in [0.25, 0.3) is 0 Å². The summed E-state index contributed by atoms with van der Waals surface area (Å²) in [6.45, 7) is 0. The maximum absolute atomic E-state index is 12.4. The predicted molar refractivity (Wildman–Crippen MR) is 46.7 cm³/mol. The highest BCUT2D eigenvalue weighted by Gasteiger charge is 1.94. The summed E-state index contributed by atoms with van der Waals surface area (Å²) in [5.74, 6) is -0.896. The summed E-state index contributed by atoms with van der Waals surface area (Å²) in [5.41, 5.74) is 0. The number of carbonyl (C=O) groups excluding carboxylic acids is 1. The molecule has 0 spiro atoms. The highest BCUT2D eigenvalue weighted by atomic mass is 32.2. The lowest BCUT2D eigenvalue weighted by Crippen LogP contribution is -2.22. The van der Waals surface area contributed by atoms with Gasteiger partial charge in [0.05, 0.1) is 0 Å². The average molecular weight is 199 g/mol. The lowest BCUT2D eigenvalue weighted by Gasteiger charge is -2.01. The Morgan fingerprint density at radius 1 is 1.38 bits per heavy atom. The van der Waals surface area contributed by atoms with Crippen LogP contribution in [0.4, 0.5) is 4.39 Å². The van der Waals surface area contributed by atoms with Gasteiger partial charge >= 0.3 is 0 Å². The third-order valence-electron chi connectivity index (χ3n) is 1.39. The van der Waals surface area contributed by atoms with E-state index >= 15 is 0 Å². The Morgan fingerprint density at radius 3 is 2.54 bits per heavy atom. The van der Waals surface area contributed by atoms with E-state index < -0.39 is 5.97 Å². The van der Waals surface area contributed by atoms with Crippen molar-refractivity contribution in [2.45, 2.75) is 11.3 Å². The van der Waals surface area contributed by atoms with E-state index in [0.29, 0.717) is 5.75 Å². The van der Waals surface area contributed by atoms with Gasteiger partial charge in [0.1, 0.15) is 5.82 Å². The van der Waals surface area contributed by atoms with E-state index in [1.807, 2.05) is 0 Å². The second kappa shape index (κ2) is 4.87. The van der Waals surface area contributed by atoms with Gasteiger partial charge in [0, 0.05) is 16.6 Å². The van der Waals surface area contributed by atoms with Gasteiger partial charge in [-0.1, -0.05) is 0 Å². The molecule has 1 aromatic carbocycles. The monoisotopic (exact) mass is 199 g/mol. The first-order valence-electron chi connectivity index (χ1n) is 3.76. The van der Waals surface area contributed by atoms with E-state index in [0.717, 1.165) is 4.90 Å². The first-order valence-corrected chi connectivity index (χ1v) is 4.75. The van der Waals surface area contributed by atoms with Crippen LogP contribution in [0.1, 0.15) is 6.42 Å². The number of rotatable bonds is 4. The van der Waals surface area contributed by atoms with E-state index in [1.165, 1.54) is 23.9 Å². The second-order valence-electron chi connectivity index (χ2n) is 2.42. The van der Waals surface area contributed by atoms with Crippen molar-refractivity contribution in [1.29, 1.82) is 0 Å². The molecule has 4 heteroatoms. The van der Waals surface area contributed by atoms with Crippen molar-refractivity contribution in [3.63, 3.8) is 0 Å². The Hall–Kier alpha value is -1.03.